The van der Waals surface area contributed by atoms with Crippen molar-refractivity contribution < 1.29 is 9.53 Å². The maximum absolute atomic E-state index is 12.5. The monoisotopic (exact) mass is 372 g/mol. The molecule has 1 amide bonds. The molecule has 1 atom stereocenters. The molecule has 0 saturated heterocycles. The Morgan fingerprint density at radius 1 is 1.04 bits per heavy atom. The Labute approximate surface area is 166 Å². The fourth-order valence-electron chi connectivity index (χ4n) is 2.75. The van der Waals surface area contributed by atoms with E-state index < -0.39 is 0 Å². The highest BCUT2D eigenvalue weighted by molar-refractivity contribution is 5.91. The van der Waals surface area contributed by atoms with E-state index in [4.69, 9.17) is 4.74 Å². The lowest BCUT2D eigenvalue weighted by molar-refractivity contribution is -0.126. The molecule has 0 saturated carbocycles. The average Bonchev–Trinajstić information content (AvgIpc) is 2.77. The Kier molecular flexibility index (Phi) is 6.58. The Bertz CT molecular complexity index is 906. The highest BCUT2D eigenvalue weighted by atomic mass is 16.5. The molecule has 0 bridgehead atoms. The first-order valence-electron chi connectivity index (χ1n) is 9.26. The zero-order valence-electron chi connectivity index (χ0n) is 16.2. The molecule has 1 heterocycles. The third-order valence-electron chi connectivity index (χ3n) is 4.62. The molecule has 0 N–H and O–H groups in total. The first kappa shape index (κ1) is 19.4. The summed E-state index contributed by atoms with van der Waals surface area (Å²) >= 11 is 0. The van der Waals surface area contributed by atoms with Gasteiger partial charge in [0.15, 0.2) is 0 Å². The van der Waals surface area contributed by atoms with Crippen molar-refractivity contribution >= 4 is 12.0 Å². The molecule has 0 aliphatic rings. The SMILES string of the molecule is CC(c1ccccc1)N(C)C(=O)C=Cc1ccc(OCc2ccccn2)cc1. The van der Waals surface area contributed by atoms with Crippen LogP contribution in [0.15, 0.2) is 85.1 Å². The summed E-state index contributed by atoms with van der Waals surface area (Å²) in [7, 11) is 1.82. The summed E-state index contributed by atoms with van der Waals surface area (Å²) in [6.07, 6.45) is 5.17. The number of pyridine rings is 1. The molecule has 4 heteroatoms. The van der Waals surface area contributed by atoms with Crippen molar-refractivity contribution in [3.63, 3.8) is 0 Å². The van der Waals surface area contributed by atoms with Gasteiger partial charge in [-0.3, -0.25) is 9.78 Å². The van der Waals surface area contributed by atoms with Crippen molar-refractivity contribution in [3.8, 4) is 5.75 Å². The van der Waals surface area contributed by atoms with Gasteiger partial charge >= 0.3 is 0 Å². The van der Waals surface area contributed by atoms with Gasteiger partial charge in [-0.05, 0) is 48.4 Å². The van der Waals surface area contributed by atoms with Crippen LogP contribution in [-0.2, 0) is 11.4 Å². The molecule has 28 heavy (non-hydrogen) atoms. The number of carbonyl (C=O) groups excluding carboxylic acids is 1. The Morgan fingerprint density at radius 2 is 1.75 bits per heavy atom. The summed E-state index contributed by atoms with van der Waals surface area (Å²) in [6, 6.07) is 23.4. The standard InChI is InChI=1S/C24H24N2O2/c1-19(21-8-4-3-5-9-21)26(2)24(27)16-13-20-11-14-23(15-12-20)28-18-22-10-6-7-17-25-22/h3-17,19H,18H2,1-2H3. The number of hydrogen-bond acceptors (Lipinski definition) is 3. The second-order valence-electron chi connectivity index (χ2n) is 6.55. The molecule has 0 fully saturated rings. The minimum Gasteiger partial charge on any atom is -0.487 e. The van der Waals surface area contributed by atoms with Crippen molar-refractivity contribution in [3.05, 3.63) is 102 Å². The van der Waals surface area contributed by atoms with Crippen LogP contribution in [0.1, 0.15) is 29.8 Å². The van der Waals surface area contributed by atoms with E-state index in [9.17, 15) is 4.79 Å². The van der Waals surface area contributed by atoms with Gasteiger partial charge in [0.1, 0.15) is 12.4 Å². The van der Waals surface area contributed by atoms with Crippen molar-refractivity contribution in [1.82, 2.24) is 9.88 Å². The maximum atomic E-state index is 12.5. The number of amides is 1. The van der Waals surface area contributed by atoms with E-state index in [0.29, 0.717) is 6.61 Å². The van der Waals surface area contributed by atoms with Gasteiger partial charge in [-0.15, -0.1) is 0 Å². The van der Waals surface area contributed by atoms with Crippen molar-refractivity contribution in [2.24, 2.45) is 0 Å². The molecule has 3 rings (SSSR count). The van der Waals surface area contributed by atoms with Crippen molar-refractivity contribution in [1.29, 1.82) is 0 Å². The molecule has 142 valence electrons. The zero-order valence-corrected chi connectivity index (χ0v) is 16.2. The number of rotatable bonds is 7. The minimum atomic E-state index is -0.0353. The van der Waals surface area contributed by atoms with Crippen LogP contribution >= 0.6 is 0 Å². The van der Waals surface area contributed by atoms with Crippen LogP contribution in [-0.4, -0.2) is 22.8 Å². The summed E-state index contributed by atoms with van der Waals surface area (Å²) < 4.78 is 5.73. The molecule has 1 unspecified atom stereocenters. The molecule has 3 aromatic rings. The molecule has 1 aromatic heterocycles. The highest BCUT2D eigenvalue weighted by Crippen LogP contribution is 2.19. The zero-order chi connectivity index (χ0) is 19.8. The van der Waals surface area contributed by atoms with Crippen molar-refractivity contribution in [2.75, 3.05) is 7.05 Å². The Balaban J connectivity index is 1.55. The number of ether oxygens (including phenoxy) is 1. The fourth-order valence-corrected chi connectivity index (χ4v) is 2.75. The van der Waals surface area contributed by atoms with Crippen LogP contribution in [0.4, 0.5) is 0 Å². The predicted octanol–water partition coefficient (Wildman–Crippen LogP) is 4.89. The third kappa shape index (κ3) is 5.30. The second kappa shape index (κ2) is 9.51. The topological polar surface area (TPSA) is 42.4 Å². The van der Waals surface area contributed by atoms with Gasteiger partial charge in [0, 0.05) is 19.3 Å². The van der Waals surface area contributed by atoms with Gasteiger partial charge < -0.3 is 9.64 Å². The number of nitrogens with zero attached hydrogens (tertiary/aromatic N) is 2. The lowest BCUT2D eigenvalue weighted by Crippen LogP contribution is -2.27. The van der Waals surface area contributed by atoms with Gasteiger partial charge in [0.05, 0.1) is 11.7 Å². The first-order chi connectivity index (χ1) is 13.6. The van der Waals surface area contributed by atoms with E-state index >= 15 is 0 Å². The van der Waals surface area contributed by atoms with Crippen LogP contribution < -0.4 is 4.74 Å². The number of benzene rings is 2. The van der Waals surface area contributed by atoms with E-state index in [1.807, 2.05) is 92.8 Å². The van der Waals surface area contributed by atoms with Gasteiger partial charge in [0.2, 0.25) is 5.91 Å². The molecule has 0 spiro atoms. The fraction of sp³-hybridized carbons (Fsp3) is 0.167. The second-order valence-corrected chi connectivity index (χ2v) is 6.55. The summed E-state index contributed by atoms with van der Waals surface area (Å²) in [5.74, 6) is 0.732. The Morgan fingerprint density at radius 3 is 2.43 bits per heavy atom. The molecule has 0 aliphatic carbocycles. The number of hydrogen-bond donors (Lipinski definition) is 0. The van der Waals surface area contributed by atoms with Crippen LogP contribution in [0.3, 0.4) is 0 Å². The van der Waals surface area contributed by atoms with E-state index in [1.54, 1.807) is 17.2 Å². The smallest absolute Gasteiger partial charge is 0.246 e. The maximum Gasteiger partial charge on any atom is 0.246 e. The van der Waals surface area contributed by atoms with Gasteiger partial charge in [-0.2, -0.15) is 0 Å². The molecule has 2 aromatic carbocycles. The first-order valence-corrected chi connectivity index (χ1v) is 9.26. The van der Waals surface area contributed by atoms with E-state index in [-0.39, 0.29) is 11.9 Å². The average molecular weight is 372 g/mol. The number of carbonyl (C=O) groups is 1. The largest absolute Gasteiger partial charge is 0.487 e. The number of likely N-dealkylation sites (N-methyl/N-ethyl adjacent to an activating group) is 1. The number of aromatic nitrogens is 1. The van der Waals surface area contributed by atoms with E-state index in [1.165, 1.54) is 0 Å². The van der Waals surface area contributed by atoms with Crippen LogP contribution in [0.5, 0.6) is 5.75 Å². The quantitative estimate of drug-likeness (QED) is 0.554. The van der Waals surface area contributed by atoms with Gasteiger partial charge in [-0.1, -0.05) is 48.5 Å². The molecular weight excluding hydrogens is 348 g/mol. The minimum absolute atomic E-state index is 0.0146. The molecule has 0 radical (unpaired) electrons. The lowest BCUT2D eigenvalue weighted by Gasteiger charge is -2.24. The summed E-state index contributed by atoms with van der Waals surface area (Å²) in [6.45, 7) is 2.45. The third-order valence-corrected chi connectivity index (χ3v) is 4.62. The van der Waals surface area contributed by atoms with Crippen molar-refractivity contribution in [2.45, 2.75) is 19.6 Å². The van der Waals surface area contributed by atoms with Gasteiger partial charge in [-0.25, -0.2) is 0 Å². The summed E-state index contributed by atoms with van der Waals surface area (Å²) in [5, 5.41) is 0. The lowest BCUT2D eigenvalue weighted by atomic mass is 10.1. The van der Waals surface area contributed by atoms with E-state index in [0.717, 1.165) is 22.6 Å². The predicted molar refractivity (Wildman–Crippen MR) is 112 cm³/mol. The summed E-state index contributed by atoms with van der Waals surface area (Å²) in [4.78, 5) is 18.4. The van der Waals surface area contributed by atoms with Crippen LogP contribution in [0, 0.1) is 0 Å². The normalized spacial score (nSPS) is 11.9. The highest BCUT2D eigenvalue weighted by Gasteiger charge is 2.14. The molecule has 0 aliphatic heterocycles. The van der Waals surface area contributed by atoms with Crippen LogP contribution in [0.2, 0.25) is 0 Å². The van der Waals surface area contributed by atoms with Gasteiger partial charge in [0.25, 0.3) is 0 Å². The summed E-state index contributed by atoms with van der Waals surface area (Å²) in [5.41, 5.74) is 2.94. The van der Waals surface area contributed by atoms with Crippen LogP contribution in [0.25, 0.3) is 6.08 Å². The van der Waals surface area contributed by atoms with E-state index in [2.05, 4.69) is 4.98 Å². The molecule has 4 nitrogen and oxygen atoms in total. The molecular formula is C24H24N2O2. The Hall–Kier alpha value is -3.40.